The van der Waals surface area contributed by atoms with E-state index in [0.717, 1.165) is 6.42 Å². The van der Waals surface area contributed by atoms with Crippen molar-refractivity contribution < 1.29 is 19.2 Å². The maximum atomic E-state index is 11.4. The van der Waals surface area contributed by atoms with Gasteiger partial charge in [0.25, 0.3) is 23.6 Å². The van der Waals surface area contributed by atoms with Crippen molar-refractivity contribution in [2.45, 2.75) is 19.8 Å². The second kappa shape index (κ2) is 5.81. The minimum absolute atomic E-state index is 0.128. The van der Waals surface area contributed by atoms with Crippen LogP contribution in [0.2, 0.25) is 0 Å². The minimum atomic E-state index is -0.282. The van der Waals surface area contributed by atoms with Crippen LogP contribution in [0.4, 0.5) is 0 Å². The van der Waals surface area contributed by atoms with Gasteiger partial charge in [-0.1, -0.05) is 6.92 Å². The van der Waals surface area contributed by atoms with Crippen molar-refractivity contribution in [2.75, 3.05) is 13.1 Å². The van der Waals surface area contributed by atoms with Gasteiger partial charge in [0.1, 0.15) is 0 Å². The van der Waals surface area contributed by atoms with E-state index < -0.39 is 0 Å². The fraction of sp³-hybridized carbons (Fsp3) is 0.429. The van der Waals surface area contributed by atoms with Gasteiger partial charge in [0.05, 0.1) is 0 Å². The van der Waals surface area contributed by atoms with Crippen LogP contribution in [-0.4, -0.2) is 46.5 Å². The van der Waals surface area contributed by atoms with Crippen molar-refractivity contribution >= 4 is 23.6 Å². The lowest BCUT2D eigenvalue weighted by atomic mass is 10.0. The Morgan fingerprint density at radius 3 is 1.80 bits per heavy atom. The molecule has 6 heteroatoms. The summed E-state index contributed by atoms with van der Waals surface area (Å²) in [7, 11) is 0. The molecule has 0 fully saturated rings. The first-order valence-corrected chi connectivity index (χ1v) is 6.56. The number of nitrogens with zero attached hydrogens (tertiary/aromatic N) is 2. The summed E-state index contributed by atoms with van der Waals surface area (Å²) in [4.78, 5) is 47.9. The van der Waals surface area contributed by atoms with Crippen LogP contribution in [0.25, 0.3) is 0 Å². The Kier molecular flexibility index (Phi) is 4.12. The van der Waals surface area contributed by atoms with Gasteiger partial charge in [0.15, 0.2) is 0 Å². The lowest BCUT2D eigenvalue weighted by molar-refractivity contribution is -0.138. The summed E-state index contributed by atoms with van der Waals surface area (Å²) < 4.78 is 0. The molecule has 2 rings (SSSR count). The molecule has 0 aromatic carbocycles. The topological polar surface area (TPSA) is 74.8 Å². The molecular formula is C14H16N2O4. The van der Waals surface area contributed by atoms with Gasteiger partial charge in [-0.2, -0.15) is 0 Å². The highest BCUT2D eigenvalue weighted by Gasteiger charge is 2.26. The number of amides is 4. The van der Waals surface area contributed by atoms with Crippen LogP contribution in [0.3, 0.4) is 0 Å². The Hall–Kier alpha value is -2.24. The van der Waals surface area contributed by atoms with Gasteiger partial charge in [-0.15, -0.1) is 0 Å². The maximum Gasteiger partial charge on any atom is 0.253 e. The number of rotatable bonds is 6. The summed E-state index contributed by atoms with van der Waals surface area (Å²) in [6.07, 6.45) is 6.45. The van der Waals surface area contributed by atoms with Crippen molar-refractivity contribution in [2.24, 2.45) is 5.92 Å². The van der Waals surface area contributed by atoms with Crippen LogP contribution in [0, 0.1) is 5.92 Å². The highest BCUT2D eigenvalue weighted by Crippen LogP contribution is 2.13. The number of carbonyl (C=O) groups excluding carboxylic acids is 4. The molecule has 0 radical (unpaired) electrons. The van der Waals surface area contributed by atoms with Crippen LogP contribution in [-0.2, 0) is 19.2 Å². The zero-order chi connectivity index (χ0) is 14.7. The Morgan fingerprint density at radius 2 is 1.30 bits per heavy atom. The minimum Gasteiger partial charge on any atom is -0.275 e. The van der Waals surface area contributed by atoms with E-state index in [1.807, 2.05) is 6.92 Å². The molecule has 0 aromatic heterocycles. The van der Waals surface area contributed by atoms with E-state index in [9.17, 15) is 19.2 Å². The van der Waals surface area contributed by atoms with Gasteiger partial charge in [-0.25, -0.2) is 0 Å². The van der Waals surface area contributed by atoms with Crippen LogP contribution < -0.4 is 0 Å². The summed E-state index contributed by atoms with van der Waals surface area (Å²) in [5, 5.41) is 0. The fourth-order valence-corrected chi connectivity index (χ4v) is 2.26. The maximum absolute atomic E-state index is 11.4. The molecule has 0 spiro atoms. The molecule has 0 N–H and O–H groups in total. The van der Waals surface area contributed by atoms with Crippen molar-refractivity contribution in [3.05, 3.63) is 24.3 Å². The Bertz CT molecular complexity index is 485. The van der Waals surface area contributed by atoms with E-state index in [1.54, 1.807) is 0 Å². The largest absolute Gasteiger partial charge is 0.275 e. The molecule has 0 bridgehead atoms. The van der Waals surface area contributed by atoms with Gasteiger partial charge < -0.3 is 0 Å². The van der Waals surface area contributed by atoms with Gasteiger partial charge in [0, 0.05) is 37.4 Å². The van der Waals surface area contributed by atoms with Crippen molar-refractivity contribution in [3.8, 4) is 0 Å². The SMILES string of the molecule is C[C@H](CCCN1C(=O)C=CC1=O)CN1C(=O)C=CC1=O. The highest BCUT2D eigenvalue weighted by molar-refractivity contribution is 6.13. The van der Waals surface area contributed by atoms with E-state index in [4.69, 9.17) is 0 Å². The molecule has 0 aliphatic carbocycles. The summed E-state index contributed by atoms with van der Waals surface area (Å²) in [6, 6.07) is 0. The third-order valence-electron chi connectivity index (χ3n) is 3.37. The van der Waals surface area contributed by atoms with Gasteiger partial charge in [-0.05, 0) is 18.8 Å². The van der Waals surface area contributed by atoms with E-state index in [-0.39, 0.29) is 29.5 Å². The monoisotopic (exact) mass is 276 g/mol. The van der Waals surface area contributed by atoms with Gasteiger partial charge in [-0.3, -0.25) is 29.0 Å². The molecule has 2 aliphatic rings. The second-order valence-corrected chi connectivity index (χ2v) is 5.03. The lowest BCUT2D eigenvalue weighted by Crippen LogP contribution is -2.35. The van der Waals surface area contributed by atoms with Crippen molar-refractivity contribution in [1.82, 2.24) is 9.80 Å². The standard InChI is InChI=1S/C14H16N2O4/c1-10(9-16-13(19)6-7-14(16)20)3-2-8-15-11(17)4-5-12(15)18/h4-7,10H,2-3,8-9H2,1H3/t10-/m1/s1. The normalized spacial score (nSPS) is 19.6. The number of imide groups is 2. The van der Waals surface area contributed by atoms with Crippen LogP contribution in [0.1, 0.15) is 19.8 Å². The Balaban J connectivity index is 1.72. The molecule has 0 saturated heterocycles. The second-order valence-electron chi connectivity index (χ2n) is 5.03. The third kappa shape index (κ3) is 3.01. The number of hydrogen-bond donors (Lipinski definition) is 0. The third-order valence-corrected chi connectivity index (χ3v) is 3.37. The Labute approximate surface area is 116 Å². The quantitative estimate of drug-likeness (QED) is 0.652. The number of hydrogen-bond acceptors (Lipinski definition) is 4. The first-order chi connectivity index (χ1) is 9.49. The zero-order valence-corrected chi connectivity index (χ0v) is 11.2. The average Bonchev–Trinajstić information content (AvgIpc) is 2.88. The molecule has 2 heterocycles. The van der Waals surface area contributed by atoms with E-state index in [1.165, 1.54) is 34.1 Å². The molecule has 0 saturated carbocycles. The zero-order valence-electron chi connectivity index (χ0n) is 11.2. The van der Waals surface area contributed by atoms with E-state index >= 15 is 0 Å². The first-order valence-electron chi connectivity index (χ1n) is 6.56. The van der Waals surface area contributed by atoms with Crippen LogP contribution in [0.5, 0.6) is 0 Å². The molecule has 106 valence electrons. The van der Waals surface area contributed by atoms with E-state index in [0.29, 0.717) is 19.5 Å². The summed E-state index contributed by atoms with van der Waals surface area (Å²) in [5.74, 6) is -0.996. The molecule has 4 amide bonds. The molecule has 0 aromatic rings. The smallest absolute Gasteiger partial charge is 0.253 e. The Morgan fingerprint density at radius 1 is 0.850 bits per heavy atom. The molecule has 1 atom stereocenters. The molecular weight excluding hydrogens is 260 g/mol. The predicted molar refractivity (Wildman–Crippen MR) is 70.1 cm³/mol. The molecule has 2 aliphatic heterocycles. The lowest BCUT2D eigenvalue weighted by Gasteiger charge is -2.20. The van der Waals surface area contributed by atoms with E-state index in [2.05, 4.69) is 0 Å². The average molecular weight is 276 g/mol. The summed E-state index contributed by atoms with van der Waals surface area (Å²) >= 11 is 0. The first kappa shape index (κ1) is 14.2. The highest BCUT2D eigenvalue weighted by atomic mass is 16.2. The van der Waals surface area contributed by atoms with Crippen LogP contribution >= 0.6 is 0 Å². The van der Waals surface area contributed by atoms with Crippen molar-refractivity contribution in [1.29, 1.82) is 0 Å². The predicted octanol–water partition coefficient (Wildman–Crippen LogP) is 0.253. The van der Waals surface area contributed by atoms with Crippen molar-refractivity contribution in [3.63, 3.8) is 0 Å². The van der Waals surface area contributed by atoms with Gasteiger partial charge in [0.2, 0.25) is 0 Å². The summed E-state index contributed by atoms with van der Waals surface area (Å²) in [6.45, 7) is 2.67. The van der Waals surface area contributed by atoms with Crippen LogP contribution in [0.15, 0.2) is 24.3 Å². The molecule has 6 nitrogen and oxygen atoms in total. The number of carbonyl (C=O) groups is 4. The summed E-state index contributed by atoms with van der Waals surface area (Å²) in [5.41, 5.74) is 0. The molecule has 20 heavy (non-hydrogen) atoms. The van der Waals surface area contributed by atoms with Gasteiger partial charge >= 0.3 is 0 Å². The fourth-order valence-electron chi connectivity index (χ4n) is 2.26. The molecule has 0 unspecified atom stereocenters.